The van der Waals surface area contributed by atoms with Gasteiger partial charge >= 0.3 is 0 Å². The number of carbonyl (C=O) groups excluding carboxylic acids is 2. The van der Waals surface area contributed by atoms with Gasteiger partial charge in [0.05, 0.1) is 0 Å². The van der Waals surface area contributed by atoms with E-state index in [0.717, 1.165) is 17.7 Å². The van der Waals surface area contributed by atoms with Gasteiger partial charge in [0.2, 0.25) is 11.8 Å². The number of rotatable bonds is 11. The van der Waals surface area contributed by atoms with Gasteiger partial charge in [-0.15, -0.1) is 11.8 Å². The molecular weight excluding hydrogens is 475 g/mol. The number of unbranched alkanes of at least 4 members (excludes halogenated alkanes) is 1. The zero-order valence-corrected chi connectivity index (χ0v) is 20.8. The molecule has 2 amide bonds. The maximum Gasteiger partial charge on any atom is 0.242 e. The lowest BCUT2D eigenvalue weighted by atomic mass is 10.1. The van der Waals surface area contributed by atoms with Crippen molar-refractivity contribution in [1.29, 1.82) is 0 Å². The average molecular weight is 502 g/mol. The molecule has 168 valence electrons. The summed E-state index contributed by atoms with van der Waals surface area (Å²) in [4.78, 5) is 28.4. The summed E-state index contributed by atoms with van der Waals surface area (Å²) in [6.07, 6.45) is 2.15. The number of thioether (sulfide) groups is 1. The number of benzene rings is 2. The first-order valence-corrected chi connectivity index (χ1v) is 12.3. The van der Waals surface area contributed by atoms with Crippen LogP contribution in [0, 0.1) is 0 Å². The Kier molecular flexibility index (Phi) is 11.0. The molecule has 0 spiro atoms. The van der Waals surface area contributed by atoms with Gasteiger partial charge in [-0.25, -0.2) is 0 Å². The standard InChI is InChI=1S/C23H27Cl3N2O2S/c1-3-4-13-27-23(30)16(2)28(15-19-20(25)6-5-7-21(19)26)22(29)12-14-31-18-10-8-17(24)9-11-18/h5-11,16H,3-4,12-15H2,1-2H3,(H,27,30). The van der Waals surface area contributed by atoms with E-state index in [2.05, 4.69) is 12.2 Å². The molecule has 0 fully saturated rings. The second kappa shape index (κ2) is 13.2. The van der Waals surface area contributed by atoms with Gasteiger partial charge in [-0.1, -0.05) is 54.2 Å². The monoisotopic (exact) mass is 500 g/mol. The molecule has 4 nitrogen and oxygen atoms in total. The van der Waals surface area contributed by atoms with Crippen LogP contribution in [0.3, 0.4) is 0 Å². The smallest absolute Gasteiger partial charge is 0.242 e. The van der Waals surface area contributed by atoms with Crippen LogP contribution in [0.15, 0.2) is 47.4 Å². The molecule has 0 aromatic heterocycles. The van der Waals surface area contributed by atoms with Crippen molar-refractivity contribution in [3.05, 3.63) is 63.1 Å². The van der Waals surface area contributed by atoms with Gasteiger partial charge in [-0.2, -0.15) is 0 Å². The normalized spacial score (nSPS) is 11.8. The van der Waals surface area contributed by atoms with Crippen molar-refractivity contribution >= 4 is 58.4 Å². The molecule has 1 unspecified atom stereocenters. The highest BCUT2D eigenvalue weighted by atomic mass is 35.5. The molecule has 0 radical (unpaired) electrons. The topological polar surface area (TPSA) is 49.4 Å². The Bertz CT molecular complexity index is 857. The summed E-state index contributed by atoms with van der Waals surface area (Å²) in [7, 11) is 0. The summed E-state index contributed by atoms with van der Waals surface area (Å²) < 4.78 is 0. The number of hydrogen-bond acceptors (Lipinski definition) is 3. The molecule has 0 aliphatic rings. The maximum absolute atomic E-state index is 13.1. The highest BCUT2D eigenvalue weighted by Crippen LogP contribution is 2.27. The minimum atomic E-state index is -0.641. The number of amides is 2. The Morgan fingerprint density at radius 1 is 1.06 bits per heavy atom. The van der Waals surface area contributed by atoms with Crippen LogP contribution in [-0.4, -0.2) is 35.1 Å². The fourth-order valence-corrected chi connectivity index (χ4v) is 4.39. The second-order valence-corrected chi connectivity index (χ2v) is 9.51. The van der Waals surface area contributed by atoms with Crippen molar-refractivity contribution in [2.75, 3.05) is 12.3 Å². The Morgan fingerprint density at radius 3 is 2.32 bits per heavy atom. The van der Waals surface area contributed by atoms with E-state index in [1.165, 1.54) is 0 Å². The molecule has 31 heavy (non-hydrogen) atoms. The first kappa shape index (κ1) is 25.9. The van der Waals surface area contributed by atoms with E-state index in [1.54, 1.807) is 41.8 Å². The highest BCUT2D eigenvalue weighted by molar-refractivity contribution is 7.99. The van der Waals surface area contributed by atoms with Crippen LogP contribution in [0.5, 0.6) is 0 Å². The van der Waals surface area contributed by atoms with Crippen molar-refractivity contribution in [2.24, 2.45) is 0 Å². The minimum Gasteiger partial charge on any atom is -0.354 e. The molecule has 2 aromatic carbocycles. The van der Waals surface area contributed by atoms with E-state index in [0.29, 0.717) is 32.9 Å². The molecule has 0 aliphatic heterocycles. The molecular formula is C23H27Cl3N2O2S. The second-order valence-electron chi connectivity index (χ2n) is 7.09. The van der Waals surface area contributed by atoms with Crippen molar-refractivity contribution in [3.63, 3.8) is 0 Å². The zero-order valence-electron chi connectivity index (χ0n) is 17.7. The summed E-state index contributed by atoms with van der Waals surface area (Å²) in [6, 6.07) is 12.0. The van der Waals surface area contributed by atoms with Gasteiger partial charge < -0.3 is 10.2 Å². The number of nitrogens with one attached hydrogen (secondary N) is 1. The van der Waals surface area contributed by atoms with Crippen molar-refractivity contribution in [2.45, 2.75) is 50.6 Å². The average Bonchev–Trinajstić information content (AvgIpc) is 2.74. The van der Waals surface area contributed by atoms with Crippen LogP contribution in [-0.2, 0) is 16.1 Å². The third-order valence-electron chi connectivity index (χ3n) is 4.79. The maximum atomic E-state index is 13.1. The van der Waals surface area contributed by atoms with E-state index in [1.807, 2.05) is 24.3 Å². The van der Waals surface area contributed by atoms with Crippen molar-refractivity contribution in [3.8, 4) is 0 Å². The fraction of sp³-hybridized carbons (Fsp3) is 0.391. The fourth-order valence-electron chi connectivity index (χ4n) is 2.90. The van der Waals surface area contributed by atoms with Crippen LogP contribution in [0.2, 0.25) is 15.1 Å². The molecule has 0 saturated heterocycles. The Labute approximate surface area is 203 Å². The van der Waals surface area contributed by atoms with Gasteiger partial charge in [-0.3, -0.25) is 9.59 Å². The van der Waals surface area contributed by atoms with Gasteiger partial charge in [0.15, 0.2) is 0 Å². The minimum absolute atomic E-state index is 0.129. The molecule has 2 rings (SSSR count). The van der Waals surface area contributed by atoms with Crippen LogP contribution in [0.25, 0.3) is 0 Å². The van der Waals surface area contributed by atoms with Crippen LogP contribution in [0.4, 0.5) is 0 Å². The molecule has 1 N–H and O–H groups in total. The van der Waals surface area contributed by atoms with Crippen LogP contribution < -0.4 is 5.32 Å². The summed E-state index contributed by atoms with van der Waals surface area (Å²) in [5.41, 5.74) is 0.637. The van der Waals surface area contributed by atoms with Gasteiger partial charge in [0.1, 0.15) is 6.04 Å². The lowest BCUT2D eigenvalue weighted by molar-refractivity contribution is -0.140. The first-order chi connectivity index (χ1) is 14.8. The van der Waals surface area contributed by atoms with E-state index in [9.17, 15) is 9.59 Å². The predicted molar refractivity (Wildman–Crippen MR) is 131 cm³/mol. The highest BCUT2D eigenvalue weighted by Gasteiger charge is 2.27. The van der Waals surface area contributed by atoms with E-state index in [-0.39, 0.29) is 24.8 Å². The van der Waals surface area contributed by atoms with E-state index >= 15 is 0 Å². The molecule has 0 heterocycles. The SMILES string of the molecule is CCCCNC(=O)C(C)N(Cc1c(Cl)cccc1Cl)C(=O)CCSc1ccc(Cl)cc1. The lowest BCUT2D eigenvalue weighted by Crippen LogP contribution is -2.48. The quantitative estimate of drug-likeness (QED) is 0.284. The third kappa shape index (κ3) is 8.23. The third-order valence-corrected chi connectivity index (χ3v) is 6.76. The number of halogens is 3. The summed E-state index contributed by atoms with van der Waals surface area (Å²) in [6.45, 7) is 4.55. The van der Waals surface area contributed by atoms with Crippen LogP contribution in [0.1, 0.15) is 38.7 Å². The predicted octanol–water partition coefficient (Wildman–Crippen LogP) is 6.46. The van der Waals surface area contributed by atoms with Gasteiger partial charge in [0, 0.05) is 50.8 Å². The van der Waals surface area contributed by atoms with E-state index < -0.39 is 6.04 Å². The molecule has 0 bridgehead atoms. The lowest BCUT2D eigenvalue weighted by Gasteiger charge is -2.29. The van der Waals surface area contributed by atoms with E-state index in [4.69, 9.17) is 34.8 Å². The zero-order chi connectivity index (χ0) is 22.8. The Hall–Kier alpha value is -1.40. The summed E-state index contributed by atoms with van der Waals surface area (Å²) in [5.74, 6) is 0.267. The number of hydrogen-bond donors (Lipinski definition) is 1. The summed E-state index contributed by atoms with van der Waals surface area (Å²) >= 11 is 20.1. The number of carbonyl (C=O) groups is 2. The van der Waals surface area contributed by atoms with Gasteiger partial charge in [-0.05, 0) is 49.7 Å². The van der Waals surface area contributed by atoms with Crippen LogP contribution >= 0.6 is 46.6 Å². The molecule has 0 aliphatic carbocycles. The largest absolute Gasteiger partial charge is 0.354 e. The Morgan fingerprint density at radius 2 is 1.71 bits per heavy atom. The van der Waals surface area contributed by atoms with Crippen molar-refractivity contribution in [1.82, 2.24) is 10.2 Å². The van der Waals surface area contributed by atoms with Gasteiger partial charge in [0.25, 0.3) is 0 Å². The molecule has 0 saturated carbocycles. The molecule has 2 aromatic rings. The molecule has 8 heteroatoms. The summed E-state index contributed by atoms with van der Waals surface area (Å²) in [5, 5.41) is 4.52. The molecule has 1 atom stereocenters. The number of nitrogens with zero attached hydrogens (tertiary/aromatic N) is 1. The first-order valence-electron chi connectivity index (χ1n) is 10.2. The van der Waals surface area contributed by atoms with Crippen molar-refractivity contribution < 1.29 is 9.59 Å². The Balaban J connectivity index is 2.10.